The zero-order valence-corrected chi connectivity index (χ0v) is 15.0. The second-order valence-electron chi connectivity index (χ2n) is 4.60. The van der Waals surface area contributed by atoms with Crippen LogP contribution in [0.2, 0.25) is 10.0 Å². The van der Waals surface area contributed by atoms with Gasteiger partial charge in [-0.2, -0.15) is 0 Å². The zero-order valence-electron chi connectivity index (χ0n) is 11.9. The topological polar surface area (TPSA) is 52.6 Å². The second kappa shape index (κ2) is 7.81. The maximum Gasteiger partial charge on any atom is 0.349 e. The number of hydrogen-bond acceptors (Lipinski definition) is 4. The highest BCUT2D eigenvalue weighted by Gasteiger charge is 2.15. The van der Waals surface area contributed by atoms with Gasteiger partial charge in [0, 0.05) is 9.50 Å². The van der Waals surface area contributed by atoms with E-state index in [-0.39, 0.29) is 28.0 Å². The van der Waals surface area contributed by atoms with E-state index in [1.807, 2.05) is 13.0 Å². The lowest BCUT2D eigenvalue weighted by Crippen LogP contribution is -2.19. The molecule has 0 aliphatic heterocycles. The molecule has 2 rings (SSSR count). The fourth-order valence-corrected chi connectivity index (χ4v) is 2.85. The van der Waals surface area contributed by atoms with Crippen LogP contribution in [-0.4, -0.2) is 18.9 Å². The van der Waals surface area contributed by atoms with Crippen molar-refractivity contribution in [3.63, 3.8) is 0 Å². The van der Waals surface area contributed by atoms with Gasteiger partial charge >= 0.3 is 5.97 Å². The van der Waals surface area contributed by atoms with Gasteiger partial charge in [0.05, 0.1) is 10.6 Å². The monoisotopic (exact) mass is 416 g/mol. The normalized spacial score (nSPS) is 10.3. The van der Waals surface area contributed by atoms with Crippen LogP contribution in [-0.2, 0) is 4.79 Å². The van der Waals surface area contributed by atoms with Gasteiger partial charge in [-0.3, -0.25) is 4.79 Å². The van der Waals surface area contributed by atoms with Crippen LogP contribution in [0.15, 0.2) is 34.8 Å². The number of carbonyl (C=O) groups excluding carboxylic acids is 2. The lowest BCUT2D eigenvalue weighted by atomic mass is 10.2. The van der Waals surface area contributed by atoms with E-state index in [1.54, 1.807) is 12.1 Å². The lowest BCUT2D eigenvalue weighted by Gasteiger charge is -2.11. The van der Waals surface area contributed by atoms with Crippen LogP contribution in [0.5, 0.6) is 11.5 Å². The molecule has 2 aromatic carbocycles. The summed E-state index contributed by atoms with van der Waals surface area (Å²) in [7, 11) is 0. The second-order valence-corrected chi connectivity index (χ2v) is 6.36. The van der Waals surface area contributed by atoms with E-state index < -0.39 is 5.97 Å². The van der Waals surface area contributed by atoms with Crippen LogP contribution in [0.1, 0.15) is 15.9 Å². The Balaban J connectivity index is 2.07. The molecule has 120 valence electrons. The van der Waals surface area contributed by atoms with E-state index >= 15 is 0 Å². The minimum Gasteiger partial charge on any atom is -0.482 e. The van der Waals surface area contributed by atoms with Gasteiger partial charge in [0.2, 0.25) is 0 Å². The Hall–Kier alpha value is -1.56. The molecule has 23 heavy (non-hydrogen) atoms. The summed E-state index contributed by atoms with van der Waals surface area (Å²) < 4.78 is 11.4. The van der Waals surface area contributed by atoms with Crippen LogP contribution >= 0.6 is 39.1 Å². The largest absolute Gasteiger partial charge is 0.482 e. The molecule has 0 heterocycles. The zero-order chi connectivity index (χ0) is 17.0. The molecule has 0 unspecified atom stereocenters. The molecule has 0 fully saturated rings. The van der Waals surface area contributed by atoms with E-state index in [1.165, 1.54) is 12.1 Å². The molecule has 0 radical (unpaired) electrons. The molecule has 7 heteroatoms. The third-order valence-electron chi connectivity index (χ3n) is 2.86. The predicted octanol–water partition coefficient (Wildman–Crippen LogP) is 4.86. The minimum atomic E-state index is -0.681. The number of aryl methyl sites for hydroxylation is 1. The molecule has 0 saturated heterocycles. The van der Waals surface area contributed by atoms with Crippen LogP contribution in [0.4, 0.5) is 0 Å². The Kier molecular flexibility index (Phi) is 6.04. The van der Waals surface area contributed by atoms with Gasteiger partial charge in [-0.1, -0.05) is 39.1 Å². The smallest absolute Gasteiger partial charge is 0.349 e. The highest BCUT2D eigenvalue weighted by Crippen LogP contribution is 2.31. The van der Waals surface area contributed by atoms with E-state index in [0.717, 1.165) is 10.0 Å². The molecule has 2 aromatic rings. The molecule has 0 aromatic heterocycles. The highest BCUT2D eigenvalue weighted by molar-refractivity contribution is 9.10. The molecule has 0 aliphatic rings. The standard InChI is InChI=1S/C16H11BrCl2O4/c1-9-4-11(17)2-3-14(9)22-8-15(21)23-16-10(7-20)5-12(18)6-13(16)19/h2-7H,8H2,1H3. The van der Waals surface area contributed by atoms with Crippen molar-refractivity contribution in [1.82, 2.24) is 0 Å². The number of esters is 1. The highest BCUT2D eigenvalue weighted by atomic mass is 79.9. The van der Waals surface area contributed by atoms with E-state index in [0.29, 0.717) is 12.0 Å². The van der Waals surface area contributed by atoms with E-state index in [2.05, 4.69) is 15.9 Å². The predicted molar refractivity (Wildman–Crippen MR) is 91.9 cm³/mol. The van der Waals surface area contributed by atoms with Crippen molar-refractivity contribution in [2.75, 3.05) is 6.61 Å². The molecular weight excluding hydrogens is 407 g/mol. The molecule has 0 N–H and O–H groups in total. The molecule has 0 aliphatic carbocycles. The maximum absolute atomic E-state index is 11.9. The van der Waals surface area contributed by atoms with Gasteiger partial charge in [-0.25, -0.2) is 4.79 Å². The van der Waals surface area contributed by atoms with Crippen molar-refractivity contribution in [3.05, 3.63) is 56.0 Å². The van der Waals surface area contributed by atoms with Crippen LogP contribution in [0, 0.1) is 6.92 Å². The summed E-state index contributed by atoms with van der Waals surface area (Å²) in [5.74, 6) is -0.158. The minimum absolute atomic E-state index is 0.0350. The summed E-state index contributed by atoms with van der Waals surface area (Å²) in [6.45, 7) is 1.53. The Morgan fingerprint density at radius 3 is 2.65 bits per heavy atom. The van der Waals surface area contributed by atoms with Crippen molar-refractivity contribution < 1.29 is 19.1 Å². The maximum atomic E-state index is 11.9. The number of ether oxygens (including phenoxy) is 2. The Bertz CT molecular complexity index is 762. The Labute approximate surface area is 151 Å². The number of hydrogen-bond donors (Lipinski definition) is 0. The van der Waals surface area contributed by atoms with Gasteiger partial charge in [0.25, 0.3) is 0 Å². The summed E-state index contributed by atoms with van der Waals surface area (Å²) >= 11 is 15.1. The summed E-state index contributed by atoms with van der Waals surface area (Å²) in [4.78, 5) is 22.9. The van der Waals surface area contributed by atoms with Crippen molar-refractivity contribution >= 4 is 51.4 Å². The summed E-state index contributed by atoms with van der Waals surface area (Å²) in [6.07, 6.45) is 0.514. The first-order valence-electron chi connectivity index (χ1n) is 6.44. The molecule has 4 nitrogen and oxygen atoms in total. The number of benzene rings is 2. The van der Waals surface area contributed by atoms with E-state index in [9.17, 15) is 9.59 Å². The average molecular weight is 418 g/mol. The fourth-order valence-electron chi connectivity index (χ4n) is 1.83. The molecule has 0 amide bonds. The van der Waals surface area contributed by atoms with Gasteiger partial charge in [0.15, 0.2) is 18.6 Å². The van der Waals surface area contributed by atoms with E-state index in [4.69, 9.17) is 32.7 Å². The molecule has 0 saturated carbocycles. The Morgan fingerprint density at radius 1 is 1.26 bits per heavy atom. The van der Waals surface area contributed by atoms with Crippen LogP contribution in [0.25, 0.3) is 0 Å². The number of halogens is 3. The molecule has 0 atom stereocenters. The lowest BCUT2D eigenvalue weighted by molar-refractivity contribution is -0.136. The number of rotatable bonds is 5. The first kappa shape index (κ1) is 17.8. The third kappa shape index (κ3) is 4.70. The third-order valence-corrected chi connectivity index (χ3v) is 3.85. The van der Waals surface area contributed by atoms with Gasteiger partial charge < -0.3 is 9.47 Å². The summed E-state index contributed by atoms with van der Waals surface area (Å²) in [5, 5.41) is 0.353. The molecular formula is C16H11BrCl2O4. The first-order chi connectivity index (χ1) is 10.9. The van der Waals surface area contributed by atoms with Crippen LogP contribution < -0.4 is 9.47 Å². The van der Waals surface area contributed by atoms with Crippen molar-refractivity contribution in [3.8, 4) is 11.5 Å². The van der Waals surface area contributed by atoms with Crippen molar-refractivity contribution in [2.45, 2.75) is 6.92 Å². The molecule has 0 spiro atoms. The fraction of sp³-hybridized carbons (Fsp3) is 0.125. The SMILES string of the molecule is Cc1cc(Br)ccc1OCC(=O)Oc1c(Cl)cc(Cl)cc1C=O. The Morgan fingerprint density at radius 2 is 2.00 bits per heavy atom. The van der Waals surface area contributed by atoms with Gasteiger partial charge in [-0.05, 0) is 42.8 Å². The average Bonchev–Trinajstić information content (AvgIpc) is 2.48. The van der Waals surface area contributed by atoms with Crippen molar-refractivity contribution in [1.29, 1.82) is 0 Å². The van der Waals surface area contributed by atoms with Crippen molar-refractivity contribution in [2.24, 2.45) is 0 Å². The van der Waals surface area contributed by atoms with Crippen LogP contribution in [0.3, 0.4) is 0 Å². The number of carbonyl (C=O) groups is 2. The quantitative estimate of drug-likeness (QED) is 0.396. The summed E-state index contributed by atoms with van der Waals surface area (Å²) in [5.41, 5.74) is 0.959. The first-order valence-corrected chi connectivity index (χ1v) is 7.99. The number of aldehydes is 1. The molecule has 0 bridgehead atoms. The summed E-state index contributed by atoms with van der Waals surface area (Å²) in [6, 6.07) is 8.15. The van der Waals surface area contributed by atoms with Gasteiger partial charge in [0.1, 0.15) is 5.75 Å². The van der Waals surface area contributed by atoms with Gasteiger partial charge in [-0.15, -0.1) is 0 Å².